The minimum Gasteiger partial charge on any atom is -0.376 e. The Labute approximate surface area is 167 Å². The highest BCUT2D eigenvalue weighted by Crippen LogP contribution is 2.19. The molecule has 0 aliphatic carbocycles. The van der Waals surface area contributed by atoms with Gasteiger partial charge in [0.15, 0.2) is 0 Å². The predicted molar refractivity (Wildman–Crippen MR) is 105 cm³/mol. The van der Waals surface area contributed by atoms with Crippen molar-refractivity contribution in [1.29, 1.82) is 0 Å². The Morgan fingerprint density at radius 1 is 1.29 bits per heavy atom. The summed E-state index contributed by atoms with van der Waals surface area (Å²) >= 11 is 1.66. The molecule has 0 saturated carbocycles. The molecule has 1 aliphatic heterocycles. The quantitative estimate of drug-likeness (QED) is 0.579. The lowest BCUT2D eigenvalue weighted by atomic mass is 10.2. The van der Waals surface area contributed by atoms with Crippen molar-refractivity contribution in [2.24, 2.45) is 0 Å². The van der Waals surface area contributed by atoms with Gasteiger partial charge in [0.25, 0.3) is 0 Å². The smallest absolute Gasteiger partial charge is 0.227 e. The molecule has 1 fully saturated rings. The first-order chi connectivity index (χ1) is 13.8. The van der Waals surface area contributed by atoms with E-state index in [0.717, 1.165) is 19.4 Å². The van der Waals surface area contributed by atoms with Gasteiger partial charge < -0.3 is 14.2 Å². The summed E-state index contributed by atoms with van der Waals surface area (Å²) in [6.45, 7) is 2.02. The molecule has 1 aliphatic rings. The number of aryl methyl sites for hydroxylation is 1. The highest BCUT2D eigenvalue weighted by Gasteiger charge is 2.23. The van der Waals surface area contributed by atoms with Crippen molar-refractivity contribution in [3.63, 3.8) is 0 Å². The Bertz CT molecular complexity index is 876. The number of carbonyl (C=O) groups is 1. The van der Waals surface area contributed by atoms with E-state index in [-0.39, 0.29) is 12.0 Å². The molecule has 0 radical (unpaired) electrons. The molecule has 1 saturated heterocycles. The van der Waals surface area contributed by atoms with Crippen LogP contribution in [0.2, 0.25) is 0 Å². The van der Waals surface area contributed by atoms with Crippen LogP contribution in [0.25, 0.3) is 11.5 Å². The number of aromatic nitrogens is 3. The molecule has 4 rings (SSSR count). The van der Waals surface area contributed by atoms with Crippen LogP contribution >= 0.6 is 11.3 Å². The third-order valence-electron chi connectivity index (χ3n) is 4.64. The monoisotopic (exact) mass is 398 g/mol. The average molecular weight is 398 g/mol. The lowest BCUT2D eigenvalue weighted by Gasteiger charge is -2.25. The highest BCUT2D eigenvalue weighted by atomic mass is 32.1. The van der Waals surface area contributed by atoms with Crippen LogP contribution < -0.4 is 0 Å². The van der Waals surface area contributed by atoms with Crippen molar-refractivity contribution in [3.05, 3.63) is 52.7 Å². The number of hydrogen-bond donors (Lipinski definition) is 0. The third kappa shape index (κ3) is 4.82. The van der Waals surface area contributed by atoms with Gasteiger partial charge in [0.2, 0.25) is 17.6 Å². The second kappa shape index (κ2) is 9.07. The summed E-state index contributed by atoms with van der Waals surface area (Å²) in [7, 11) is 0. The maximum absolute atomic E-state index is 12.9. The number of thiophene rings is 1. The van der Waals surface area contributed by atoms with Gasteiger partial charge in [-0.15, -0.1) is 11.3 Å². The van der Waals surface area contributed by atoms with Crippen LogP contribution in [0, 0.1) is 0 Å². The molecule has 1 unspecified atom stereocenters. The first kappa shape index (κ1) is 18.8. The molecule has 146 valence electrons. The zero-order valence-corrected chi connectivity index (χ0v) is 16.3. The second-order valence-electron chi connectivity index (χ2n) is 6.72. The van der Waals surface area contributed by atoms with E-state index >= 15 is 0 Å². The zero-order valence-electron chi connectivity index (χ0n) is 15.5. The molecule has 7 nitrogen and oxygen atoms in total. The molecule has 8 heteroatoms. The molecule has 0 N–H and O–H groups in total. The van der Waals surface area contributed by atoms with Crippen molar-refractivity contribution in [3.8, 4) is 11.5 Å². The number of pyridine rings is 1. The van der Waals surface area contributed by atoms with E-state index in [2.05, 4.69) is 21.2 Å². The van der Waals surface area contributed by atoms with E-state index in [0.29, 0.717) is 43.3 Å². The molecule has 0 aromatic carbocycles. The SMILES string of the molecule is O=C(CCc1nc(-c2ccccn2)no1)N(Cc1cccs1)CC1CCCO1. The van der Waals surface area contributed by atoms with Crippen LogP contribution in [-0.4, -0.2) is 45.2 Å². The van der Waals surface area contributed by atoms with Gasteiger partial charge in [0, 0.05) is 37.1 Å². The zero-order chi connectivity index (χ0) is 19.2. The Morgan fingerprint density at radius 3 is 3.00 bits per heavy atom. The van der Waals surface area contributed by atoms with E-state index < -0.39 is 0 Å². The Balaban J connectivity index is 1.37. The van der Waals surface area contributed by atoms with Gasteiger partial charge in [-0.2, -0.15) is 4.98 Å². The van der Waals surface area contributed by atoms with Gasteiger partial charge >= 0.3 is 0 Å². The number of nitrogens with zero attached hydrogens (tertiary/aromatic N) is 4. The van der Waals surface area contributed by atoms with E-state index in [4.69, 9.17) is 9.26 Å². The Hall–Kier alpha value is -2.58. The summed E-state index contributed by atoms with van der Waals surface area (Å²) in [5.41, 5.74) is 0.654. The molecule has 0 spiro atoms. The lowest BCUT2D eigenvalue weighted by Crippen LogP contribution is -2.36. The number of ether oxygens (including phenoxy) is 1. The minimum absolute atomic E-state index is 0.0708. The average Bonchev–Trinajstić information content (AvgIpc) is 3.49. The van der Waals surface area contributed by atoms with Gasteiger partial charge in [-0.3, -0.25) is 9.78 Å². The summed E-state index contributed by atoms with van der Waals surface area (Å²) in [6, 6.07) is 9.59. The lowest BCUT2D eigenvalue weighted by molar-refractivity contribution is -0.133. The van der Waals surface area contributed by atoms with Crippen molar-refractivity contribution >= 4 is 17.2 Å². The maximum Gasteiger partial charge on any atom is 0.227 e. The van der Waals surface area contributed by atoms with Gasteiger partial charge in [0.1, 0.15) is 5.69 Å². The highest BCUT2D eigenvalue weighted by molar-refractivity contribution is 7.09. The molecular weight excluding hydrogens is 376 g/mol. The van der Waals surface area contributed by atoms with Gasteiger partial charge in [-0.1, -0.05) is 17.3 Å². The third-order valence-corrected chi connectivity index (χ3v) is 5.50. The fraction of sp³-hybridized carbons (Fsp3) is 0.400. The first-order valence-electron chi connectivity index (χ1n) is 9.43. The fourth-order valence-electron chi connectivity index (χ4n) is 3.21. The standard InChI is InChI=1S/C20H22N4O3S/c25-19(9-8-18-22-20(23-27-18)17-7-1-2-10-21-17)24(13-15-5-3-11-26-15)14-16-6-4-12-28-16/h1-2,4,6-7,10,12,15H,3,5,8-9,11,13-14H2. The van der Waals surface area contributed by atoms with Gasteiger partial charge in [-0.25, -0.2) is 0 Å². The fourth-order valence-corrected chi connectivity index (χ4v) is 3.93. The van der Waals surface area contributed by atoms with Crippen LogP contribution in [0.1, 0.15) is 30.0 Å². The summed E-state index contributed by atoms with van der Waals surface area (Å²) in [4.78, 5) is 24.5. The minimum atomic E-state index is 0.0708. The summed E-state index contributed by atoms with van der Waals surface area (Å²) < 4.78 is 11.0. The number of carbonyl (C=O) groups excluding carboxylic acids is 1. The van der Waals surface area contributed by atoms with Crippen LogP contribution in [0.5, 0.6) is 0 Å². The maximum atomic E-state index is 12.9. The second-order valence-corrected chi connectivity index (χ2v) is 7.75. The van der Waals surface area contributed by atoms with Crippen molar-refractivity contribution in [1.82, 2.24) is 20.0 Å². The van der Waals surface area contributed by atoms with E-state index in [1.54, 1.807) is 17.5 Å². The summed E-state index contributed by atoms with van der Waals surface area (Å²) in [5, 5.41) is 5.99. The largest absolute Gasteiger partial charge is 0.376 e. The predicted octanol–water partition coefficient (Wildman–Crippen LogP) is 3.33. The van der Waals surface area contributed by atoms with Crippen LogP contribution in [0.3, 0.4) is 0 Å². The van der Waals surface area contributed by atoms with E-state index in [1.165, 1.54) is 4.88 Å². The molecule has 1 amide bonds. The molecule has 28 heavy (non-hydrogen) atoms. The van der Waals surface area contributed by atoms with Gasteiger partial charge in [-0.05, 0) is 36.4 Å². The molecular formula is C20H22N4O3S. The molecule has 0 bridgehead atoms. The Kier molecular flexibility index (Phi) is 6.08. The van der Waals surface area contributed by atoms with Crippen LogP contribution in [-0.2, 0) is 22.5 Å². The molecule has 3 aromatic heterocycles. The summed E-state index contributed by atoms with van der Waals surface area (Å²) in [6.07, 6.45) is 4.60. The normalized spacial score (nSPS) is 16.4. The van der Waals surface area contributed by atoms with Crippen molar-refractivity contribution in [2.75, 3.05) is 13.2 Å². The number of rotatable bonds is 8. The van der Waals surface area contributed by atoms with E-state index in [1.807, 2.05) is 34.5 Å². The number of amides is 1. The molecule has 1 atom stereocenters. The van der Waals surface area contributed by atoms with Gasteiger partial charge in [0.05, 0.1) is 12.6 Å². The Morgan fingerprint density at radius 2 is 2.25 bits per heavy atom. The van der Waals surface area contributed by atoms with Crippen LogP contribution in [0.4, 0.5) is 0 Å². The first-order valence-corrected chi connectivity index (χ1v) is 10.3. The summed E-state index contributed by atoms with van der Waals surface area (Å²) in [5.74, 6) is 0.960. The van der Waals surface area contributed by atoms with E-state index in [9.17, 15) is 4.79 Å². The topological polar surface area (TPSA) is 81.3 Å². The molecule has 3 aromatic rings. The molecule has 4 heterocycles. The number of hydrogen-bond acceptors (Lipinski definition) is 7. The van der Waals surface area contributed by atoms with Crippen molar-refractivity contribution in [2.45, 2.75) is 38.3 Å². The van der Waals surface area contributed by atoms with Crippen molar-refractivity contribution < 1.29 is 14.1 Å². The van der Waals surface area contributed by atoms with Crippen LogP contribution in [0.15, 0.2) is 46.4 Å².